The maximum Gasteiger partial charge on any atom is 0.0957 e. The summed E-state index contributed by atoms with van der Waals surface area (Å²) >= 11 is 0. The number of aliphatic hydroxyl groups excluding tert-OH is 1. The molecular formula is C14H17N3O. The van der Waals surface area contributed by atoms with Crippen LogP contribution in [0.5, 0.6) is 0 Å². The predicted octanol–water partition coefficient (Wildman–Crippen LogP) is 2.59. The van der Waals surface area contributed by atoms with Crippen molar-refractivity contribution in [1.82, 2.24) is 14.8 Å². The third-order valence-corrected chi connectivity index (χ3v) is 3.37. The van der Waals surface area contributed by atoms with Gasteiger partial charge < -0.3 is 5.11 Å². The molecular weight excluding hydrogens is 226 g/mol. The second-order valence-corrected chi connectivity index (χ2v) is 4.82. The Morgan fingerprint density at radius 1 is 1.39 bits per heavy atom. The predicted molar refractivity (Wildman–Crippen MR) is 68.6 cm³/mol. The van der Waals surface area contributed by atoms with Crippen molar-refractivity contribution in [2.45, 2.75) is 38.2 Å². The second kappa shape index (κ2) is 4.53. The Labute approximate surface area is 106 Å². The minimum absolute atomic E-state index is 0.473. The molecule has 2 aromatic heterocycles. The maximum atomic E-state index is 9.69. The van der Waals surface area contributed by atoms with Gasteiger partial charge in [-0.15, -0.1) is 0 Å². The molecule has 0 spiro atoms. The van der Waals surface area contributed by atoms with E-state index in [0.717, 1.165) is 11.4 Å². The summed E-state index contributed by atoms with van der Waals surface area (Å²) in [6.45, 7) is 1.94. The van der Waals surface area contributed by atoms with Crippen LogP contribution >= 0.6 is 0 Å². The fraction of sp³-hybridized carbons (Fsp3) is 0.429. The Kier molecular flexibility index (Phi) is 2.88. The summed E-state index contributed by atoms with van der Waals surface area (Å²) in [6, 6.07) is 5.89. The van der Waals surface area contributed by atoms with Crippen LogP contribution in [0.25, 0.3) is 5.69 Å². The van der Waals surface area contributed by atoms with E-state index in [4.69, 9.17) is 0 Å². The number of aliphatic hydroxyl groups is 1. The molecule has 0 saturated heterocycles. The lowest BCUT2D eigenvalue weighted by Crippen LogP contribution is -2.01. The fourth-order valence-electron chi connectivity index (χ4n) is 2.02. The van der Waals surface area contributed by atoms with E-state index in [1.54, 1.807) is 6.20 Å². The number of hydrogen-bond donors (Lipinski definition) is 1. The highest BCUT2D eigenvalue weighted by atomic mass is 16.3. The first-order valence-corrected chi connectivity index (χ1v) is 6.48. The van der Waals surface area contributed by atoms with Crippen molar-refractivity contribution in [3.8, 4) is 5.69 Å². The smallest absolute Gasteiger partial charge is 0.0957 e. The molecule has 4 heteroatoms. The van der Waals surface area contributed by atoms with Gasteiger partial charge in [0, 0.05) is 12.1 Å². The second-order valence-electron chi connectivity index (χ2n) is 4.82. The van der Waals surface area contributed by atoms with Crippen molar-refractivity contribution in [3.63, 3.8) is 0 Å². The molecule has 1 aliphatic rings. The Balaban J connectivity index is 1.82. The van der Waals surface area contributed by atoms with E-state index in [0.29, 0.717) is 12.3 Å². The maximum absolute atomic E-state index is 9.69. The van der Waals surface area contributed by atoms with Crippen LogP contribution in [0.2, 0.25) is 0 Å². The molecule has 0 amide bonds. The summed E-state index contributed by atoms with van der Waals surface area (Å²) in [6.07, 6.45) is 6.46. The molecule has 1 atom stereocenters. The van der Waals surface area contributed by atoms with Gasteiger partial charge in [0.15, 0.2) is 0 Å². The molecule has 0 aromatic carbocycles. The minimum Gasteiger partial charge on any atom is -0.387 e. The van der Waals surface area contributed by atoms with Crippen LogP contribution < -0.4 is 0 Å². The summed E-state index contributed by atoms with van der Waals surface area (Å²) in [5.74, 6) is 0.667. The molecule has 18 heavy (non-hydrogen) atoms. The lowest BCUT2D eigenvalue weighted by atomic mass is 10.2. The highest BCUT2D eigenvalue weighted by molar-refractivity contribution is 5.30. The monoisotopic (exact) mass is 243 g/mol. The van der Waals surface area contributed by atoms with Crippen LogP contribution in [0.3, 0.4) is 0 Å². The lowest BCUT2D eigenvalue weighted by molar-refractivity contribution is 0.169. The average Bonchev–Trinajstić information content (AvgIpc) is 3.16. The first-order valence-electron chi connectivity index (χ1n) is 6.48. The zero-order valence-electron chi connectivity index (χ0n) is 10.5. The quantitative estimate of drug-likeness (QED) is 0.898. The van der Waals surface area contributed by atoms with Crippen LogP contribution in [-0.4, -0.2) is 19.9 Å². The molecule has 3 rings (SSSR count). The SMILES string of the molecule is CC[C@H](O)c1ccc(-n2ccc(C3CC3)n2)cn1. The van der Waals surface area contributed by atoms with E-state index in [9.17, 15) is 5.11 Å². The Morgan fingerprint density at radius 2 is 2.22 bits per heavy atom. The van der Waals surface area contributed by atoms with Crippen molar-refractivity contribution >= 4 is 0 Å². The number of rotatable bonds is 4. The van der Waals surface area contributed by atoms with Gasteiger partial charge in [0.05, 0.1) is 29.4 Å². The van der Waals surface area contributed by atoms with Crippen molar-refractivity contribution in [2.24, 2.45) is 0 Å². The summed E-state index contributed by atoms with van der Waals surface area (Å²) in [7, 11) is 0. The van der Waals surface area contributed by atoms with E-state index in [-0.39, 0.29) is 0 Å². The van der Waals surface area contributed by atoms with Gasteiger partial charge in [0.1, 0.15) is 0 Å². The van der Waals surface area contributed by atoms with E-state index in [1.165, 1.54) is 18.5 Å². The van der Waals surface area contributed by atoms with Crippen LogP contribution in [-0.2, 0) is 0 Å². The van der Waals surface area contributed by atoms with Crippen molar-refractivity contribution in [1.29, 1.82) is 0 Å². The fourth-order valence-corrected chi connectivity index (χ4v) is 2.02. The molecule has 2 heterocycles. The van der Waals surface area contributed by atoms with Gasteiger partial charge in [-0.1, -0.05) is 6.92 Å². The summed E-state index contributed by atoms with van der Waals surface area (Å²) in [4.78, 5) is 4.28. The van der Waals surface area contributed by atoms with Gasteiger partial charge in [0.25, 0.3) is 0 Å². The van der Waals surface area contributed by atoms with Crippen LogP contribution in [0.4, 0.5) is 0 Å². The van der Waals surface area contributed by atoms with Gasteiger partial charge in [-0.05, 0) is 37.5 Å². The topological polar surface area (TPSA) is 50.9 Å². The molecule has 2 aromatic rings. The summed E-state index contributed by atoms with van der Waals surface area (Å²) in [5.41, 5.74) is 2.83. The van der Waals surface area contributed by atoms with Gasteiger partial charge in [-0.2, -0.15) is 5.10 Å². The molecule has 1 saturated carbocycles. The van der Waals surface area contributed by atoms with Crippen LogP contribution in [0, 0.1) is 0 Å². The number of aromatic nitrogens is 3. The van der Waals surface area contributed by atoms with Crippen molar-refractivity contribution < 1.29 is 5.11 Å². The van der Waals surface area contributed by atoms with Gasteiger partial charge in [-0.3, -0.25) is 4.98 Å². The molecule has 1 N–H and O–H groups in total. The third kappa shape index (κ3) is 2.16. The average molecular weight is 243 g/mol. The molecule has 4 nitrogen and oxygen atoms in total. The number of pyridine rings is 1. The largest absolute Gasteiger partial charge is 0.387 e. The summed E-state index contributed by atoms with van der Waals surface area (Å²) in [5, 5.41) is 14.2. The number of nitrogens with zero attached hydrogens (tertiary/aromatic N) is 3. The lowest BCUT2D eigenvalue weighted by Gasteiger charge is -2.07. The molecule has 94 valence electrons. The summed E-state index contributed by atoms with van der Waals surface area (Å²) < 4.78 is 1.85. The third-order valence-electron chi connectivity index (χ3n) is 3.37. The van der Waals surface area contributed by atoms with E-state index < -0.39 is 6.10 Å². The van der Waals surface area contributed by atoms with E-state index in [1.807, 2.05) is 29.9 Å². The van der Waals surface area contributed by atoms with Crippen molar-refractivity contribution in [3.05, 3.63) is 42.0 Å². The van der Waals surface area contributed by atoms with Crippen LogP contribution in [0.15, 0.2) is 30.6 Å². The van der Waals surface area contributed by atoms with E-state index in [2.05, 4.69) is 16.1 Å². The minimum atomic E-state index is -0.473. The highest BCUT2D eigenvalue weighted by Gasteiger charge is 2.25. The first kappa shape index (κ1) is 11.4. The molecule has 0 radical (unpaired) electrons. The highest BCUT2D eigenvalue weighted by Crippen LogP contribution is 2.39. The zero-order valence-corrected chi connectivity index (χ0v) is 10.5. The first-order chi connectivity index (χ1) is 8.78. The van der Waals surface area contributed by atoms with Gasteiger partial charge >= 0.3 is 0 Å². The van der Waals surface area contributed by atoms with Crippen molar-refractivity contribution in [2.75, 3.05) is 0 Å². The van der Waals surface area contributed by atoms with Gasteiger partial charge in [0.2, 0.25) is 0 Å². The molecule has 0 bridgehead atoms. The number of hydrogen-bond acceptors (Lipinski definition) is 3. The normalized spacial score (nSPS) is 16.8. The molecule has 1 fully saturated rings. The Hall–Kier alpha value is -1.68. The standard InChI is InChI=1S/C14H17N3O/c1-2-14(18)13-6-5-11(9-15-13)17-8-7-12(16-17)10-3-4-10/h5-10,14,18H,2-4H2,1H3/t14-/m0/s1. The van der Waals surface area contributed by atoms with E-state index >= 15 is 0 Å². The van der Waals surface area contributed by atoms with Gasteiger partial charge in [-0.25, -0.2) is 4.68 Å². The molecule has 0 aliphatic heterocycles. The Bertz CT molecular complexity index is 528. The molecule has 1 aliphatic carbocycles. The molecule has 0 unspecified atom stereocenters. The Morgan fingerprint density at radius 3 is 2.83 bits per heavy atom. The zero-order chi connectivity index (χ0) is 12.5. The van der Waals surface area contributed by atoms with Crippen LogP contribution in [0.1, 0.15) is 49.6 Å².